The lowest BCUT2D eigenvalue weighted by Gasteiger charge is -2.39. The molecule has 0 spiro atoms. The first-order chi connectivity index (χ1) is 9.78. The van der Waals surface area contributed by atoms with Crippen LogP contribution in [0.2, 0.25) is 0 Å². The lowest BCUT2D eigenvalue weighted by molar-refractivity contribution is 0.121. The molecule has 116 valence electrons. The van der Waals surface area contributed by atoms with Crippen molar-refractivity contribution in [2.75, 3.05) is 13.1 Å². The molecule has 0 aromatic rings. The summed E-state index contributed by atoms with van der Waals surface area (Å²) in [6.45, 7) is 5.01. The average molecular weight is 278 g/mol. The molecule has 3 aliphatic rings. The Bertz CT molecular complexity index is 298. The van der Waals surface area contributed by atoms with Crippen LogP contribution in [0.15, 0.2) is 0 Å². The maximum absolute atomic E-state index is 6.45. The summed E-state index contributed by atoms with van der Waals surface area (Å²) in [4.78, 5) is 2.85. The summed E-state index contributed by atoms with van der Waals surface area (Å²) in [6, 6.07) is 1.38. The number of nitrogens with zero attached hydrogens (tertiary/aromatic N) is 1. The Morgan fingerprint density at radius 3 is 2.55 bits per heavy atom. The molecule has 2 aliphatic carbocycles. The van der Waals surface area contributed by atoms with E-state index in [1.165, 1.54) is 77.3 Å². The molecule has 2 nitrogen and oxygen atoms in total. The molecule has 1 saturated heterocycles. The normalized spacial score (nSPS) is 40.5. The summed E-state index contributed by atoms with van der Waals surface area (Å²) in [5.41, 5.74) is 6.45. The summed E-state index contributed by atoms with van der Waals surface area (Å²) in [5, 5.41) is 0. The van der Waals surface area contributed by atoms with Gasteiger partial charge in [-0.3, -0.25) is 4.90 Å². The molecule has 0 amide bonds. The fourth-order valence-corrected chi connectivity index (χ4v) is 5.22. The highest BCUT2D eigenvalue weighted by Crippen LogP contribution is 2.37. The first-order valence-electron chi connectivity index (χ1n) is 9.27. The highest BCUT2D eigenvalue weighted by Gasteiger charge is 2.36. The van der Waals surface area contributed by atoms with Crippen molar-refractivity contribution in [2.24, 2.45) is 23.5 Å². The largest absolute Gasteiger partial charge is 0.327 e. The Hall–Kier alpha value is -0.0800. The highest BCUT2D eigenvalue weighted by atomic mass is 15.2. The number of rotatable bonds is 4. The lowest BCUT2D eigenvalue weighted by Crippen LogP contribution is -2.45. The molecule has 2 heteroatoms. The Balaban J connectivity index is 1.57. The highest BCUT2D eigenvalue weighted by molar-refractivity contribution is 4.91. The number of hydrogen-bond donors (Lipinski definition) is 1. The van der Waals surface area contributed by atoms with E-state index >= 15 is 0 Å². The van der Waals surface area contributed by atoms with Crippen molar-refractivity contribution in [1.29, 1.82) is 0 Å². The first-order valence-corrected chi connectivity index (χ1v) is 9.27. The van der Waals surface area contributed by atoms with Crippen LogP contribution in [0.5, 0.6) is 0 Å². The van der Waals surface area contributed by atoms with Crippen LogP contribution in [0, 0.1) is 17.8 Å². The molecule has 0 radical (unpaired) electrons. The number of nitrogens with two attached hydrogens (primary N) is 1. The minimum Gasteiger partial charge on any atom is -0.327 e. The minimum atomic E-state index is 0.475. The maximum Gasteiger partial charge on any atom is 0.0124 e. The van der Waals surface area contributed by atoms with Crippen LogP contribution in [0.25, 0.3) is 0 Å². The van der Waals surface area contributed by atoms with Gasteiger partial charge in [-0.1, -0.05) is 26.2 Å². The molecular weight excluding hydrogens is 244 g/mol. The summed E-state index contributed by atoms with van der Waals surface area (Å²) in [6.07, 6.45) is 14.2. The van der Waals surface area contributed by atoms with Crippen molar-refractivity contribution in [3.05, 3.63) is 0 Å². The van der Waals surface area contributed by atoms with E-state index in [4.69, 9.17) is 5.73 Å². The quantitative estimate of drug-likeness (QED) is 0.847. The van der Waals surface area contributed by atoms with E-state index in [0.29, 0.717) is 6.04 Å². The third-order valence-corrected chi connectivity index (χ3v) is 6.55. The second kappa shape index (κ2) is 6.79. The third kappa shape index (κ3) is 3.22. The van der Waals surface area contributed by atoms with Crippen molar-refractivity contribution >= 4 is 0 Å². The summed E-state index contributed by atoms with van der Waals surface area (Å²) in [5.74, 6) is 2.74. The van der Waals surface area contributed by atoms with Gasteiger partial charge in [0.1, 0.15) is 0 Å². The van der Waals surface area contributed by atoms with Gasteiger partial charge >= 0.3 is 0 Å². The van der Waals surface area contributed by atoms with Crippen LogP contribution in [-0.2, 0) is 0 Å². The fourth-order valence-electron chi connectivity index (χ4n) is 5.22. The second-order valence-corrected chi connectivity index (χ2v) is 7.76. The van der Waals surface area contributed by atoms with Gasteiger partial charge < -0.3 is 5.73 Å². The summed E-state index contributed by atoms with van der Waals surface area (Å²) < 4.78 is 0. The van der Waals surface area contributed by atoms with Crippen LogP contribution < -0.4 is 5.73 Å². The van der Waals surface area contributed by atoms with Gasteiger partial charge in [0, 0.05) is 18.6 Å². The molecule has 1 heterocycles. The van der Waals surface area contributed by atoms with Crippen molar-refractivity contribution in [3.8, 4) is 0 Å². The number of likely N-dealkylation sites (tertiary alicyclic amines) is 1. The molecule has 2 N–H and O–H groups in total. The SMILES string of the molecule is CCC1CCC(N)C(CN2CCCC2C2CCCC2)C1. The zero-order valence-corrected chi connectivity index (χ0v) is 13.4. The van der Waals surface area contributed by atoms with E-state index in [1.807, 2.05) is 0 Å². The summed E-state index contributed by atoms with van der Waals surface area (Å²) in [7, 11) is 0. The molecule has 2 saturated carbocycles. The van der Waals surface area contributed by atoms with Crippen LogP contribution >= 0.6 is 0 Å². The maximum atomic E-state index is 6.45. The molecule has 1 aliphatic heterocycles. The van der Waals surface area contributed by atoms with E-state index in [0.717, 1.165) is 23.8 Å². The fraction of sp³-hybridized carbons (Fsp3) is 1.00. The first kappa shape index (κ1) is 14.8. The van der Waals surface area contributed by atoms with Crippen LogP contribution in [0.3, 0.4) is 0 Å². The molecule has 4 atom stereocenters. The Morgan fingerprint density at radius 2 is 1.80 bits per heavy atom. The predicted octanol–water partition coefficient (Wildman–Crippen LogP) is 3.79. The van der Waals surface area contributed by atoms with Crippen molar-refractivity contribution in [1.82, 2.24) is 4.90 Å². The second-order valence-electron chi connectivity index (χ2n) is 7.76. The van der Waals surface area contributed by atoms with E-state index in [9.17, 15) is 0 Å². The van der Waals surface area contributed by atoms with Gasteiger partial charge in [-0.25, -0.2) is 0 Å². The van der Waals surface area contributed by atoms with Gasteiger partial charge in [0.15, 0.2) is 0 Å². The van der Waals surface area contributed by atoms with E-state index in [2.05, 4.69) is 11.8 Å². The monoisotopic (exact) mass is 278 g/mol. The smallest absolute Gasteiger partial charge is 0.0124 e. The minimum absolute atomic E-state index is 0.475. The van der Waals surface area contributed by atoms with Crippen molar-refractivity contribution in [2.45, 2.75) is 83.2 Å². The molecule has 20 heavy (non-hydrogen) atoms. The van der Waals surface area contributed by atoms with Crippen molar-refractivity contribution in [3.63, 3.8) is 0 Å². The molecule has 4 unspecified atom stereocenters. The van der Waals surface area contributed by atoms with Gasteiger partial charge in [-0.05, 0) is 69.2 Å². The molecule has 0 bridgehead atoms. The van der Waals surface area contributed by atoms with E-state index in [-0.39, 0.29) is 0 Å². The van der Waals surface area contributed by atoms with Gasteiger partial charge in [0.05, 0.1) is 0 Å². The molecule has 3 fully saturated rings. The lowest BCUT2D eigenvalue weighted by atomic mass is 9.77. The standard InChI is InChI=1S/C18H34N2/c1-2-14-9-10-17(19)16(12-14)13-20-11-5-8-18(20)15-6-3-4-7-15/h14-18H,2-13,19H2,1H3. The molecule has 0 aromatic heterocycles. The van der Waals surface area contributed by atoms with Gasteiger partial charge in [-0.15, -0.1) is 0 Å². The summed E-state index contributed by atoms with van der Waals surface area (Å²) >= 11 is 0. The Morgan fingerprint density at radius 1 is 1.00 bits per heavy atom. The Kier molecular flexibility index (Phi) is 5.04. The predicted molar refractivity (Wildman–Crippen MR) is 85.7 cm³/mol. The third-order valence-electron chi connectivity index (χ3n) is 6.55. The molecule has 0 aromatic carbocycles. The average Bonchev–Trinajstić information content (AvgIpc) is 3.11. The Labute approximate surface area is 125 Å². The van der Waals surface area contributed by atoms with Gasteiger partial charge in [0.25, 0.3) is 0 Å². The molecule has 3 rings (SSSR count). The van der Waals surface area contributed by atoms with Crippen LogP contribution in [0.1, 0.15) is 71.1 Å². The molecular formula is C18H34N2. The van der Waals surface area contributed by atoms with Crippen molar-refractivity contribution < 1.29 is 0 Å². The zero-order chi connectivity index (χ0) is 13.9. The van der Waals surface area contributed by atoms with Gasteiger partial charge in [0.2, 0.25) is 0 Å². The van der Waals surface area contributed by atoms with E-state index < -0.39 is 0 Å². The van der Waals surface area contributed by atoms with Gasteiger partial charge in [-0.2, -0.15) is 0 Å². The number of hydrogen-bond acceptors (Lipinski definition) is 2. The van der Waals surface area contributed by atoms with Crippen LogP contribution in [-0.4, -0.2) is 30.1 Å². The van der Waals surface area contributed by atoms with Crippen LogP contribution in [0.4, 0.5) is 0 Å². The zero-order valence-electron chi connectivity index (χ0n) is 13.4. The topological polar surface area (TPSA) is 29.3 Å². The van der Waals surface area contributed by atoms with E-state index in [1.54, 1.807) is 0 Å².